The Balaban J connectivity index is 1.36. The summed E-state index contributed by atoms with van der Waals surface area (Å²) >= 11 is 6.51. The number of carbonyl (C=O) groups excluding carboxylic acids is 3. The zero-order valence-electron chi connectivity index (χ0n) is 19.1. The first-order valence-corrected chi connectivity index (χ1v) is 14.5. The van der Waals surface area contributed by atoms with Gasteiger partial charge in [-0.05, 0) is 28.1 Å². The largest absolute Gasteiger partial charge is 0.448 e. The van der Waals surface area contributed by atoms with Crippen LogP contribution in [0.5, 0.6) is 0 Å². The maximum absolute atomic E-state index is 13.6. The van der Waals surface area contributed by atoms with Gasteiger partial charge in [0.2, 0.25) is 5.91 Å². The predicted octanol–water partition coefficient (Wildman–Crippen LogP) is 4.67. The highest BCUT2D eigenvalue weighted by atomic mass is 79.9. The summed E-state index contributed by atoms with van der Waals surface area (Å²) < 4.78 is 6.07. The molecule has 5 rings (SSSR count). The maximum Gasteiger partial charge on any atom is 0.356 e. The topological polar surface area (TPSA) is 75.7 Å². The van der Waals surface area contributed by atoms with Gasteiger partial charge in [0.05, 0.1) is 6.42 Å². The Kier molecular flexibility index (Phi) is 7.59. The molecule has 0 unspecified atom stereocenters. The van der Waals surface area contributed by atoms with Crippen molar-refractivity contribution in [2.45, 2.75) is 23.9 Å². The van der Waals surface area contributed by atoms with Crippen molar-refractivity contribution in [1.29, 1.82) is 0 Å². The first-order chi connectivity index (χ1) is 17.6. The van der Waals surface area contributed by atoms with Crippen LogP contribution in [0.25, 0.3) is 0 Å². The zero-order chi connectivity index (χ0) is 25.1. The van der Waals surface area contributed by atoms with Gasteiger partial charge in [-0.1, -0.05) is 82.7 Å². The average Bonchev–Trinajstić information content (AvgIpc) is 3.43. The van der Waals surface area contributed by atoms with Crippen LogP contribution in [0.4, 0.5) is 0 Å². The van der Waals surface area contributed by atoms with E-state index in [1.807, 2.05) is 78.2 Å². The Morgan fingerprint density at radius 1 is 1.03 bits per heavy atom. The van der Waals surface area contributed by atoms with Crippen LogP contribution in [0, 0.1) is 0 Å². The molecule has 1 saturated heterocycles. The zero-order valence-corrected chi connectivity index (χ0v) is 22.4. The number of nitrogens with zero attached hydrogens (tertiary/aromatic N) is 1. The van der Waals surface area contributed by atoms with E-state index in [-0.39, 0.29) is 29.3 Å². The number of halogens is 1. The molecule has 1 N–H and O–H groups in total. The fourth-order valence-corrected chi connectivity index (χ4v) is 7.09. The second-order valence-electron chi connectivity index (χ2n) is 8.40. The summed E-state index contributed by atoms with van der Waals surface area (Å²) in [4.78, 5) is 41.7. The van der Waals surface area contributed by atoms with Gasteiger partial charge in [-0.3, -0.25) is 14.5 Å². The summed E-state index contributed by atoms with van der Waals surface area (Å²) in [7, 11) is 0. The monoisotopic (exact) mass is 582 g/mol. The molecule has 2 amide bonds. The predicted molar refractivity (Wildman–Crippen MR) is 145 cm³/mol. The van der Waals surface area contributed by atoms with Crippen molar-refractivity contribution in [2.24, 2.45) is 0 Å². The van der Waals surface area contributed by atoms with Crippen LogP contribution in [0.2, 0.25) is 0 Å². The van der Waals surface area contributed by atoms with Crippen LogP contribution >= 0.6 is 39.0 Å². The van der Waals surface area contributed by atoms with Gasteiger partial charge in [0, 0.05) is 16.0 Å². The molecular weight excluding hydrogens is 560 g/mol. The Labute approximate surface area is 225 Å². The molecule has 2 atom stereocenters. The lowest BCUT2D eigenvalue weighted by Crippen LogP contribution is -2.70. The Morgan fingerprint density at radius 2 is 1.69 bits per heavy atom. The summed E-state index contributed by atoms with van der Waals surface area (Å²) in [5.41, 5.74) is 2.74. The molecule has 0 spiro atoms. The molecule has 2 aliphatic rings. The summed E-state index contributed by atoms with van der Waals surface area (Å²) in [6, 6.07) is 22.2. The van der Waals surface area contributed by atoms with Crippen molar-refractivity contribution in [2.75, 3.05) is 11.1 Å². The number of amides is 2. The SMILES string of the molecule is O=C(Cc1cccs1)N[C@@H]1C(=O)N2C(C(=O)OC(c3ccccc3)c3ccccc3)=C(CBr)CS[C@@H]12. The minimum absolute atomic E-state index is 0.205. The van der Waals surface area contributed by atoms with Crippen molar-refractivity contribution in [3.63, 3.8) is 0 Å². The van der Waals surface area contributed by atoms with E-state index in [1.54, 1.807) is 0 Å². The molecule has 0 bridgehead atoms. The minimum atomic E-state index is -0.666. The smallest absolute Gasteiger partial charge is 0.356 e. The number of hydrogen-bond donors (Lipinski definition) is 1. The number of thiophene rings is 1. The molecule has 0 saturated carbocycles. The normalized spacial score (nSPS) is 19.1. The molecule has 0 radical (unpaired) electrons. The van der Waals surface area contributed by atoms with E-state index in [4.69, 9.17) is 4.74 Å². The van der Waals surface area contributed by atoms with Crippen LogP contribution < -0.4 is 5.32 Å². The fourth-order valence-electron chi connectivity index (χ4n) is 4.32. The number of fused-ring (bicyclic) bond motifs is 1. The summed E-state index contributed by atoms with van der Waals surface area (Å²) in [6.45, 7) is 0. The van der Waals surface area contributed by atoms with Crippen molar-refractivity contribution in [3.05, 3.63) is 105 Å². The number of β-lactam (4-membered cyclic amide) rings is 1. The van der Waals surface area contributed by atoms with Crippen LogP contribution in [0.3, 0.4) is 0 Å². The highest BCUT2D eigenvalue weighted by Crippen LogP contribution is 2.42. The summed E-state index contributed by atoms with van der Waals surface area (Å²) in [6.07, 6.45) is -0.388. The summed E-state index contributed by atoms with van der Waals surface area (Å²) in [5, 5.41) is 4.87. The van der Waals surface area contributed by atoms with Crippen LogP contribution in [0.1, 0.15) is 22.1 Å². The average molecular weight is 584 g/mol. The molecule has 1 aromatic heterocycles. The van der Waals surface area contributed by atoms with Gasteiger partial charge in [-0.15, -0.1) is 23.1 Å². The molecule has 0 aliphatic carbocycles. The van der Waals surface area contributed by atoms with Crippen LogP contribution in [0.15, 0.2) is 89.4 Å². The molecule has 3 heterocycles. The van der Waals surface area contributed by atoms with Gasteiger partial charge in [-0.25, -0.2) is 4.79 Å². The second-order valence-corrected chi connectivity index (χ2v) is 11.1. The number of hydrogen-bond acceptors (Lipinski definition) is 6. The Hall–Kier alpha value is -2.88. The van der Waals surface area contributed by atoms with Gasteiger partial charge in [0.25, 0.3) is 5.91 Å². The lowest BCUT2D eigenvalue weighted by molar-refractivity contribution is -0.154. The molecule has 184 valence electrons. The van der Waals surface area contributed by atoms with Gasteiger partial charge in [-0.2, -0.15) is 0 Å². The molecule has 2 aromatic carbocycles. The quantitative estimate of drug-likeness (QED) is 0.237. The third kappa shape index (κ3) is 5.00. The Bertz CT molecular complexity index is 1240. The van der Waals surface area contributed by atoms with E-state index in [1.165, 1.54) is 28.0 Å². The van der Waals surface area contributed by atoms with E-state index in [2.05, 4.69) is 21.2 Å². The van der Waals surface area contributed by atoms with Gasteiger partial charge in [0.15, 0.2) is 6.10 Å². The van der Waals surface area contributed by atoms with Gasteiger partial charge < -0.3 is 10.1 Å². The lowest BCUT2D eigenvalue weighted by Gasteiger charge is -2.49. The lowest BCUT2D eigenvalue weighted by atomic mass is 10.0. The van der Waals surface area contributed by atoms with Crippen molar-refractivity contribution in [3.8, 4) is 0 Å². The van der Waals surface area contributed by atoms with E-state index in [9.17, 15) is 14.4 Å². The number of nitrogens with one attached hydrogen (secondary N) is 1. The van der Waals surface area contributed by atoms with Crippen LogP contribution in [-0.4, -0.2) is 45.2 Å². The number of benzene rings is 2. The van der Waals surface area contributed by atoms with Crippen molar-refractivity contribution in [1.82, 2.24) is 10.2 Å². The molecule has 36 heavy (non-hydrogen) atoms. The third-order valence-corrected chi connectivity index (χ3v) is 8.96. The fraction of sp³-hybridized carbons (Fsp3) is 0.222. The number of rotatable bonds is 8. The Morgan fingerprint density at radius 3 is 2.28 bits per heavy atom. The number of ether oxygens (including phenoxy) is 1. The van der Waals surface area contributed by atoms with E-state index in [0.29, 0.717) is 11.1 Å². The highest BCUT2D eigenvalue weighted by molar-refractivity contribution is 9.09. The second kappa shape index (κ2) is 11.0. The standard InChI is InChI=1S/C27H23BrN2O4S2/c28-15-19-16-36-26-22(29-21(31)14-20-12-7-13-35-20)25(32)30(26)23(19)27(33)34-24(17-8-3-1-4-9-17)18-10-5-2-6-11-18/h1-13,22,24,26H,14-16H2,(H,29,31)/t22-,26+/m1/s1. The number of carbonyl (C=O) groups is 3. The first-order valence-electron chi connectivity index (χ1n) is 11.4. The molecule has 2 aliphatic heterocycles. The molecule has 9 heteroatoms. The number of thioether (sulfide) groups is 1. The van der Waals surface area contributed by atoms with Crippen molar-refractivity contribution >= 4 is 56.8 Å². The molecule has 6 nitrogen and oxygen atoms in total. The maximum atomic E-state index is 13.6. The van der Waals surface area contributed by atoms with Gasteiger partial charge in [0.1, 0.15) is 17.1 Å². The molecule has 1 fully saturated rings. The highest BCUT2D eigenvalue weighted by Gasteiger charge is 2.54. The third-order valence-electron chi connectivity index (χ3n) is 6.06. The number of esters is 1. The van der Waals surface area contributed by atoms with E-state index < -0.39 is 18.1 Å². The molecular formula is C27H23BrN2O4S2. The van der Waals surface area contributed by atoms with Crippen LogP contribution in [-0.2, 0) is 25.5 Å². The van der Waals surface area contributed by atoms with Gasteiger partial charge >= 0.3 is 5.97 Å². The molecule has 3 aromatic rings. The van der Waals surface area contributed by atoms with E-state index >= 15 is 0 Å². The first kappa shape index (κ1) is 24.8. The minimum Gasteiger partial charge on any atom is -0.448 e. The van der Waals surface area contributed by atoms with E-state index in [0.717, 1.165) is 21.6 Å². The number of alkyl halides is 1. The summed E-state index contributed by atoms with van der Waals surface area (Å²) in [5.74, 6) is -0.496. The van der Waals surface area contributed by atoms with Crippen molar-refractivity contribution < 1.29 is 19.1 Å².